The predicted octanol–water partition coefficient (Wildman–Crippen LogP) is 4.11. The molecular formula is C19H13ClN6O3S. The van der Waals surface area contributed by atoms with Crippen LogP contribution in [0.3, 0.4) is 0 Å². The number of para-hydroxylation sites is 1. The summed E-state index contributed by atoms with van der Waals surface area (Å²) in [7, 11) is 0. The molecule has 30 heavy (non-hydrogen) atoms. The smallest absolute Gasteiger partial charge is 0.271 e. The first-order chi connectivity index (χ1) is 14.5. The number of thioether (sulfide) groups is 1. The first-order valence-electron chi connectivity index (χ1n) is 8.63. The Morgan fingerprint density at radius 3 is 2.73 bits per heavy atom. The van der Waals surface area contributed by atoms with Crippen molar-refractivity contribution in [3.63, 3.8) is 0 Å². The number of nitro benzene ring substituents is 1. The Balaban J connectivity index is 1.48. The molecule has 2 heterocycles. The number of hydrogen-bond donors (Lipinski definition) is 1. The maximum atomic E-state index is 12.3. The van der Waals surface area contributed by atoms with E-state index in [-0.39, 0.29) is 22.4 Å². The van der Waals surface area contributed by atoms with E-state index in [1.165, 1.54) is 36.3 Å². The lowest BCUT2D eigenvalue weighted by atomic mass is 10.3. The van der Waals surface area contributed by atoms with Gasteiger partial charge in [-0.1, -0.05) is 41.6 Å². The van der Waals surface area contributed by atoms with Crippen LogP contribution >= 0.6 is 23.4 Å². The summed E-state index contributed by atoms with van der Waals surface area (Å²) in [6.45, 7) is 0. The third kappa shape index (κ3) is 4.09. The number of amides is 1. The number of carbonyl (C=O) groups excluding carboxylic acids is 1. The van der Waals surface area contributed by atoms with Crippen molar-refractivity contribution in [1.82, 2.24) is 19.7 Å². The molecule has 0 atom stereocenters. The molecule has 4 rings (SSSR count). The van der Waals surface area contributed by atoms with Crippen molar-refractivity contribution in [3.05, 3.63) is 76.2 Å². The number of carbonyl (C=O) groups is 1. The zero-order chi connectivity index (χ0) is 21.1. The number of halogens is 1. The molecule has 0 spiro atoms. The minimum absolute atomic E-state index is 0.0654. The highest BCUT2D eigenvalue weighted by Gasteiger charge is 2.15. The molecule has 0 unspecified atom stereocenters. The summed E-state index contributed by atoms with van der Waals surface area (Å²) < 4.78 is 1.71. The van der Waals surface area contributed by atoms with Crippen LogP contribution in [-0.2, 0) is 4.79 Å². The molecule has 9 nitrogen and oxygen atoms in total. The van der Waals surface area contributed by atoms with Gasteiger partial charge in [0.05, 0.1) is 38.7 Å². The molecule has 0 aliphatic heterocycles. The van der Waals surface area contributed by atoms with Crippen LogP contribution in [0.4, 0.5) is 11.4 Å². The fraction of sp³-hybridized carbons (Fsp3) is 0.0526. The van der Waals surface area contributed by atoms with Crippen LogP contribution in [0.2, 0.25) is 5.02 Å². The summed E-state index contributed by atoms with van der Waals surface area (Å²) in [6, 6.07) is 13.4. The fourth-order valence-electron chi connectivity index (χ4n) is 2.73. The lowest BCUT2D eigenvalue weighted by Crippen LogP contribution is -2.14. The SMILES string of the molecule is O=C(CSc1ncnc2c1cnn2-c1ccccc1)Nc1ccc([N+](=O)[O-])cc1Cl. The van der Waals surface area contributed by atoms with E-state index >= 15 is 0 Å². The van der Waals surface area contributed by atoms with Crippen molar-refractivity contribution in [1.29, 1.82) is 0 Å². The molecule has 0 saturated carbocycles. The van der Waals surface area contributed by atoms with Crippen molar-refractivity contribution in [2.45, 2.75) is 5.03 Å². The zero-order valence-electron chi connectivity index (χ0n) is 15.2. The van der Waals surface area contributed by atoms with E-state index in [0.717, 1.165) is 11.1 Å². The third-order valence-corrected chi connectivity index (χ3v) is 5.43. The van der Waals surface area contributed by atoms with Crippen LogP contribution in [0.15, 0.2) is 66.1 Å². The Morgan fingerprint density at radius 2 is 2.00 bits per heavy atom. The van der Waals surface area contributed by atoms with Gasteiger partial charge < -0.3 is 5.32 Å². The van der Waals surface area contributed by atoms with Gasteiger partial charge in [-0.2, -0.15) is 5.10 Å². The Kier molecular flexibility index (Phi) is 5.59. The fourth-order valence-corrected chi connectivity index (χ4v) is 3.72. The molecule has 0 bridgehead atoms. The Bertz CT molecular complexity index is 1250. The molecule has 0 fully saturated rings. The maximum Gasteiger partial charge on any atom is 0.271 e. The van der Waals surface area contributed by atoms with Crippen LogP contribution < -0.4 is 5.32 Å². The molecule has 150 valence electrons. The molecule has 0 saturated heterocycles. The van der Waals surface area contributed by atoms with Gasteiger partial charge in [-0.3, -0.25) is 14.9 Å². The van der Waals surface area contributed by atoms with E-state index in [2.05, 4.69) is 20.4 Å². The summed E-state index contributed by atoms with van der Waals surface area (Å²) in [4.78, 5) is 31.1. The van der Waals surface area contributed by atoms with E-state index in [4.69, 9.17) is 11.6 Å². The highest BCUT2D eigenvalue weighted by Crippen LogP contribution is 2.28. The maximum absolute atomic E-state index is 12.3. The number of aromatic nitrogens is 4. The molecule has 4 aromatic rings. The molecule has 0 aliphatic rings. The molecule has 2 aromatic carbocycles. The summed E-state index contributed by atoms with van der Waals surface area (Å²) in [6.07, 6.45) is 3.09. The average molecular weight is 441 g/mol. The molecule has 1 amide bonds. The van der Waals surface area contributed by atoms with Gasteiger partial charge in [0.2, 0.25) is 5.91 Å². The van der Waals surface area contributed by atoms with Gasteiger partial charge in [0.15, 0.2) is 5.65 Å². The largest absolute Gasteiger partial charge is 0.324 e. The minimum Gasteiger partial charge on any atom is -0.324 e. The Labute approximate surface area is 179 Å². The number of anilines is 1. The van der Waals surface area contributed by atoms with Crippen molar-refractivity contribution < 1.29 is 9.72 Å². The van der Waals surface area contributed by atoms with Gasteiger partial charge in [-0.25, -0.2) is 14.6 Å². The topological polar surface area (TPSA) is 116 Å². The Hall–Kier alpha value is -3.50. The second-order valence-electron chi connectivity index (χ2n) is 6.07. The summed E-state index contributed by atoms with van der Waals surface area (Å²) >= 11 is 7.25. The number of nitrogens with one attached hydrogen (secondary N) is 1. The van der Waals surface area contributed by atoms with Gasteiger partial charge in [0.25, 0.3) is 5.69 Å². The lowest BCUT2D eigenvalue weighted by molar-refractivity contribution is -0.384. The monoisotopic (exact) mass is 440 g/mol. The standard InChI is InChI=1S/C19H13ClN6O3S/c20-15-8-13(26(28)29)6-7-16(15)24-17(27)10-30-19-14-9-23-25(18(14)21-11-22-19)12-4-2-1-3-5-12/h1-9,11H,10H2,(H,24,27). The van der Waals surface area contributed by atoms with Crippen molar-refractivity contribution in [2.24, 2.45) is 0 Å². The minimum atomic E-state index is -0.552. The number of fused-ring (bicyclic) bond motifs is 1. The van der Waals surface area contributed by atoms with Crippen LogP contribution in [0.25, 0.3) is 16.7 Å². The van der Waals surface area contributed by atoms with Crippen molar-refractivity contribution >= 4 is 51.7 Å². The highest BCUT2D eigenvalue weighted by atomic mass is 35.5. The van der Waals surface area contributed by atoms with E-state index in [1.54, 1.807) is 10.9 Å². The quantitative estimate of drug-likeness (QED) is 0.207. The van der Waals surface area contributed by atoms with Crippen LogP contribution in [0, 0.1) is 10.1 Å². The zero-order valence-corrected chi connectivity index (χ0v) is 16.8. The van der Waals surface area contributed by atoms with Gasteiger partial charge in [-0.15, -0.1) is 0 Å². The lowest BCUT2D eigenvalue weighted by Gasteiger charge is -2.07. The summed E-state index contributed by atoms with van der Waals surface area (Å²) in [5, 5.41) is 19.3. The molecular weight excluding hydrogens is 428 g/mol. The second kappa shape index (κ2) is 8.47. The number of non-ortho nitro benzene ring substituents is 1. The molecule has 11 heteroatoms. The number of hydrogen-bond acceptors (Lipinski definition) is 7. The van der Waals surface area contributed by atoms with Crippen molar-refractivity contribution in [2.75, 3.05) is 11.1 Å². The summed E-state index contributed by atoms with van der Waals surface area (Å²) in [5.41, 5.74) is 1.66. The molecule has 0 radical (unpaired) electrons. The van der Waals surface area contributed by atoms with E-state index in [1.807, 2.05) is 30.3 Å². The number of benzene rings is 2. The third-order valence-electron chi connectivity index (χ3n) is 4.11. The normalized spacial score (nSPS) is 10.8. The van der Waals surface area contributed by atoms with Gasteiger partial charge in [0.1, 0.15) is 11.4 Å². The first-order valence-corrected chi connectivity index (χ1v) is 10.00. The number of nitro groups is 1. The van der Waals surface area contributed by atoms with Gasteiger partial charge >= 0.3 is 0 Å². The highest BCUT2D eigenvalue weighted by molar-refractivity contribution is 8.00. The first kappa shape index (κ1) is 19.8. The number of rotatable bonds is 6. The van der Waals surface area contributed by atoms with E-state index in [0.29, 0.717) is 16.4 Å². The van der Waals surface area contributed by atoms with E-state index in [9.17, 15) is 14.9 Å². The Morgan fingerprint density at radius 1 is 1.20 bits per heavy atom. The van der Waals surface area contributed by atoms with Gasteiger partial charge in [0, 0.05) is 12.1 Å². The summed E-state index contributed by atoms with van der Waals surface area (Å²) in [5.74, 6) is -0.256. The average Bonchev–Trinajstić information content (AvgIpc) is 3.19. The van der Waals surface area contributed by atoms with Crippen molar-refractivity contribution in [3.8, 4) is 5.69 Å². The van der Waals surface area contributed by atoms with Crippen LogP contribution in [0.1, 0.15) is 0 Å². The number of nitrogens with zero attached hydrogens (tertiary/aromatic N) is 5. The molecule has 2 aromatic heterocycles. The van der Waals surface area contributed by atoms with Crippen LogP contribution in [0.5, 0.6) is 0 Å². The predicted molar refractivity (Wildman–Crippen MR) is 114 cm³/mol. The molecule has 0 aliphatic carbocycles. The van der Waals surface area contributed by atoms with E-state index < -0.39 is 4.92 Å². The second-order valence-corrected chi connectivity index (χ2v) is 7.44. The molecule has 1 N–H and O–H groups in total. The van der Waals surface area contributed by atoms with Crippen LogP contribution in [-0.4, -0.2) is 36.3 Å². The van der Waals surface area contributed by atoms with Gasteiger partial charge in [-0.05, 0) is 18.2 Å².